The molecule has 1 fully saturated rings. The summed E-state index contributed by atoms with van der Waals surface area (Å²) in [4.78, 5) is 36.9. The maximum absolute atomic E-state index is 12.3. The highest BCUT2D eigenvalue weighted by Crippen LogP contribution is 2.32. The zero-order valence-corrected chi connectivity index (χ0v) is 13.7. The van der Waals surface area contributed by atoms with Gasteiger partial charge in [-0.1, -0.05) is 37.3 Å². The standard InChI is InChI=1S/C17H22N2O5/c1-2-17(15(21)22)9-6-10-19(17)14(20)11-18-16(23)24-12-13-7-4-3-5-8-13/h3-5,7-8H,2,6,9-12H2,1H3,(H,18,23)(H,21,22)/t17-/m0/s1. The second-order valence-corrected chi connectivity index (χ2v) is 5.75. The van der Waals surface area contributed by atoms with Crippen LogP contribution < -0.4 is 5.32 Å². The summed E-state index contributed by atoms with van der Waals surface area (Å²) in [5.41, 5.74) is -0.318. The number of amides is 2. The molecule has 0 bridgehead atoms. The first kappa shape index (κ1) is 17.8. The van der Waals surface area contributed by atoms with Crippen LogP contribution in [0.3, 0.4) is 0 Å². The third kappa shape index (κ3) is 3.84. The van der Waals surface area contributed by atoms with Gasteiger partial charge in [0.2, 0.25) is 5.91 Å². The summed E-state index contributed by atoms with van der Waals surface area (Å²) in [6.07, 6.45) is 0.712. The average Bonchev–Trinajstić information content (AvgIpc) is 3.04. The van der Waals surface area contributed by atoms with Crippen molar-refractivity contribution >= 4 is 18.0 Å². The quantitative estimate of drug-likeness (QED) is 0.826. The largest absolute Gasteiger partial charge is 0.479 e. The molecule has 1 atom stereocenters. The van der Waals surface area contributed by atoms with Gasteiger partial charge in [-0.15, -0.1) is 0 Å². The molecule has 2 rings (SSSR count). The molecule has 0 radical (unpaired) electrons. The number of carbonyl (C=O) groups is 3. The molecule has 0 spiro atoms. The Morgan fingerprint density at radius 1 is 1.29 bits per heavy atom. The van der Waals surface area contributed by atoms with Crippen molar-refractivity contribution in [1.82, 2.24) is 10.2 Å². The number of alkyl carbamates (subject to hydrolysis) is 1. The van der Waals surface area contributed by atoms with Gasteiger partial charge >= 0.3 is 12.1 Å². The summed E-state index contributed by atoms with van der Waals surface area (Å²) in [7, 11) is 0. The highest BCUT2D eigenvalue weighted by molar-refractivity contribution is 5.89. The fourth-order valence-corrected chi connectivity index (χ4v) is 3.00. The van der Waals surface area contributed by atoms with E-state index in [1.807, 2.05) is 30.3 Å². The minimum Gasteiger partial charge on any atom is -0.479 e. The molecule has 1 heterocycles. The van der Waals surface area contributed by atoms with Crippen molar-refractivity contribution in [2.45, 2.75) is 38.3 Å². The molecule has 0 unspecified atom stereocenters. The normalized spacial score (nSPS) is 19.8. The maximum atomic E-state index is 12.3. The van der Waals surface area contributed by atoms with E-state index < -0.39 is 23.5 Å². The van der Waals surface area contributed by atoms with Gasteiger partial charge in [0.15, 0.2) is 0 Å². The van der Waals surface area contributed by atoms with Crippen LogP contribution in [0.1, 0.15) is 31.7 Å². The summed E-state index contributed by atoms with van der Waals surface area (Å²) in [6.45, 7) is 1.97. The van der Waals surface area contributed by atoms with Gasteiger partial charge in [-0.2, -0.15) is 0 Å². The van der Waals surface area contributed by atoms with E-state index in [4.69, 9.17) is 4.74 Å². The molecule has 130 valence electrons. The Morgan fingerprint density at radius 2 is 2.00 bits per heavy atom. The second-order valence-electron chi connectivity index (χ2n) is 5.75. The van der Waals surface area contributed by atoms with E-state index in [1.165, 1.54) is 4.90 Å². The predicted molar refractivity (Wildman–Crippen MR) is 86.2 cm³/mol. The van der Waals surface area contributed by atoms with Crippen molar-refractivity contribution < 1.29 is 24.2 Å². The summed E-state index contributed by atoms with van der Waals surface area (Å²) in [6, 6.07) is 9.18. The topological polar surface area (TPSA) is 95.9 Å². The van der Waals surface area contributed by atoms with Gasteiger partial charge in [0.25, 0.3) is 0 Å². The molecule has 1 aliphatic heterocycles. The minimum atomic E-state index is -1.16. The van der Waals surface area contributed by atoms with Crippen molar-refractivity contribution in [3.8, 4) is 0 Å². The van der Waals surface area contributed by atoms with Gasteiger partial charge in [0.1, 0.15) is 18.7 Å². The van der Waals surface area contributed by atoms with E-state index in [9.17, 15) is 19.5 Å². The van der Waals surface area contributed by atoms with Crippen LogP contribution in [0, 0.1) is 0 Å². The predicted octanol–water partition coefficient (Wildman–Crippen LogP) is 1.77. The maximum Gasteiger partial charge on any atom is 0.407 e. The SMILES string of the molecule is CC[C@@]1(C(=O)O)CCCN1C(=O)CNC(=O)OCc1ccccc1. The van der Waals surface area contributed by atoms with Crippen LogP contribution in [-0.4, -0.2) is 46.6 Å². The number of likely N-dealkylation sites (tertiary alicyclic amines) is 1. The van der Waals surface area contributed by atoms with Crippen LogP contribution in [-0.2, 0) is 20.9 Å². The first-order valence-corrected chi connectivity index (χ1v) is 7.98. The number of aliphatic carboxylic acids is 1. The van der Waals surface area contributed by atoms with E-state index in [0.29, 0.717) is 25.8 Å². The average molecular weight is 334 g/mol. The second kappa shape index (κ2) is 7.81. The van der Waals surface area contributed by atoms with Crippen LogP contribution in [0.15, 0.2) is 30.3 Å². The number of carboxylic acids is 1. The molecule has 0 aromatic heterocycles. The lowest BCUT2D eigenvalue weighted by molar-refractivity contribution is -0.156. The number of hydrogen-bond acceptors (Lipinski definition) is 4. The highest BCUT2D eigenvalue weighted by Gasteiger charge is 2.48. The van der Waals surface area contributed by atoms with Gasteiger partial charge in [0.05, 0.1) is 0 Å². The number of benzene rings is 1. The third-order valence-electron chi connectivity index (χ3n) is 4.37. The molecular weight excluding hydrogens is 312 g/mol. The Bertz CT molecular complexity index is 604. The monoisotopic (exact) mass is 334 g/mol. The number of nitrogens with zero attached hydrogens (tertiary/aromatic N) is 1. The smallest absolute Gasteiger partial charge is 0.407 e. The van der Waals surface area contributed by atoms with Crippen molar-refractivity contribution in [2.24, 2.45) is 0 Å². The lowest BCUT2D eigenvalue weighted by atomic mass is 9.93. The van der Waals surface area contributed by atoms with Gasteiger partial charge in [0, 0.05) is 6.54 Å². The molecule has 7 heteroatoms. The molecule has 24 heavy (non-hydrogen) atoms. The zero-order chi connectivity index (χ0) is 17.6. The molecule has 1 aromatic rings. The molecule has 1 aromatic carbocycles. The Hall–Kier alpha value is -2.57. The third-order valence-corrected chi connectivity index (χ3v) is 4.37. The van der Waals surface area contributed by atoms with E-state index in [2.05, 4.69) is 5.32 Å². The van der Waals surface area contributed by atoms with E-state index >= 15 is 0 Å². The van der Waals surface area contributed by atoms with Crippen LogP contribution in [0.4, 0.5) is 4.79 Å². The Balaban J connectivity index is 1.84. The number of hydrogen-bond donors (Lipinski definition) is 2. The zero-order valence-electron chi connectivity index (χ0n) is 13.7. The lowest BCUT2D eigenvalue weighted by Gasteiger charge is -2.33. The Kier molecular flexibility index (Phi) is 5.78. The van der Waals surface area contributed by atoms with Crippen LogP contribution in [0.5, 0.6) is 0 Å². The molecular formula is C17H22N2O5. The molecule has 1 aliphatic rings. The van der Waals surface area contributed by atoms with Crippen molar-refractivity contribution in [3.63, 3.8) is 0 Å². The van der Waals surface area contributed by atoms with Crippen LogP contribution in [0.2, 0.25) is 0 Å². The summed E-state index contributed by atoms with van der Waals surface area (Å²) in [5.74, 6) is -1.41. The Labute approximate surface area is 140 Å². The molecule has 2 N–H and O–H groups in total. The van der Waals surface area contributed by atoms with Crippen molar-refractivity contribution in [1.29, 1.82) is 0 Å². The number of rotatable bonds is 6. The van der Waals surface area contributed by atoms with Gasteiger partial charge < -0.3 is 20.1 Å². The Morgan fingerprint density at radius 3 is 2.62 bits per heavy atom. The number of carbonyl (C=O) groups excluding carboxylic acids is 2. The van der Waals surface area contributed by atoms with E-state index in [1.54, 1.807) is 6.92 Å². The molecule has 0 saturated carbocycles. The fourth-order valence-electron chi connectivity index (χ4n) is 3.00. The molecule has 2 amide bonds. The summed E-state index contributed by atoms with van der Waals surface area (Å²) in [5, 5.41) is 11.8. The fraction of sp³-hybridized carbons (Fsp3) is 0.471. The van der Waals surface area contributed by atoms with Crippen molar-refractivity contribution in [2.75, 3.05) is 13.1 Å². The van der Waals surface area contributed by atoms with Crippen molar-refractivity contribution in [3.05, 3.63) is 35.9 Å². The summed E-state index contributed by atoms with van der Waals surface area (Å²) < 4.78 is 5.03. The van der Waals surface area contributed by atoms with E-state index in [-0.39, 0.29) is 13.2 Å². The van der Waals surface area contributed by atoms with Gasteiger partial charge in [-0.05, 0) is 24.8 Å². The molecule has 1 saturated heterocycles. The van der Waals surface area contributed by atoms with Gasteiger partial charge in [-0.3, -0.25) is 4.79 Å². The lowest BCUT2D eigenvalue weighted by Crippen LogP contribution is -2.55. The number of carboxylic acid groups (broad SMARTS) is 1. The van der Waals surface area contributed by atoms with Crippen LogP contribution >= 0.6 is 0 Å². The number of ether oxygens (including phenoxy) is 1. The first-order valence-electron chi connectivity index (χ1n) is 7.98. The minimum absolute atomic E-state index is 0.110. The number of nitrogens with one attached hydrogen (secondary N) is 1. The molecule has 0 aliphatic carbocycles. The first-order chi connectivity index (χ1) is 11.5. The van der Waals surface area contributed by atoms with Crippen LogP contribution in [0.25, 0.3) is 0 Å². The van der Waals surface area contributed by atoms with E-state index in [0.717, 1.165) is 5.56 Å². The van der Waals surface area contributed by atoms with Gasteiger partial charge in [-0.25, -0.2) is 9.59 Å². The summed E-state index contributed by atoms with van der Waals surface area (Å²) >= 11 is 0. The highest BCUT2D eigenvalue weighted by atomic mass is 16.5. The molecule has 7 nitrogen and oxygen atoms in total.